The van der Waals surface area contributed by atoms with E-state index in [1.54, 1.807) is 18.2 Å². The van der Waals surface area contributed by atoms with Gasteiger partial charge >= 0.3 is 0 Å². The molecule has 1 aromatic heterocycles. The Hall–Kier alpha value is -3.41. The fraction of sp³-hybridized carbons (Fsp3) is 0.292. The SMILES string of the molecule is C=CC(C)(C)c1c(OC)cc(O)c2c(=O)c3cc4c(c(O)c3oc12)OC(C)(C)C=C4. The predicted molar refractivity (Wildman–Crippen MR) is 117 cm³/mol. The molecule has 0 aliphatic carbocycles. The number of allylic oxidation sites excluding steroid dienone is 1. The van der Waals surface area contributed by atoms with Crippen LogP contribution in [0.15, 0.2) is 40.1 Å². The van der Waals surface area contributed by atoms with Gasteiger partial charge in [-0.25, -0.2) is 0 Å². The molecule has 1 aliphatic heterocycles. The number of aromatic hydroxyl groups is 2. The third-order valence-corrected chi connectivity index (χ3v) is 5.54. The molecular weight excluding hydrogens is 384 g/mol. The molecule has 30 heavy (non-hydrogen) atoms. The summed E-state index contributed by atoms with van der Waals surface area (Å²) in [6, 6.07) is 3.00. The molecule has 0 amide bonds. The van der Waals surface area contributed by atoms with E-state index < -0.39 is 16.4 Å². The molecule has 0 atom stereocenters. The van der Waals surface area contributed by atoms with Crippen molar-refractivity contribution in [3.63, 3.8) is 0 Å². The van der Waals surface area contributed by atoms with Crippen molar-refractivity contribution < 1.29 is 24.1 Å². The molecule has 0 fully saturated rings. The molecule has 156 valence electrons. The van der Waals surface area contributed by atoms with Crippen molar-refractivity contribution in [2.45, 2.75) is 38.7 Å². The summed E-state index contributed by atoms with van der Waals surface area (Å²) in [5, 5.41) is 21.7. The van der Waals surface area contributed by atoms with Crippen molar-refractivity contribution in [3.8, 4) is 23.0 Å². The number of phenols is 2. The first-order chi connectivity index (χ1) is 14.0. The smallest absolute Gasteiger partial charge is 0.204 e. The van der Waals surface area contributed by atoms with Gasteiger partial charge in [0.15, 0.2) is 11.3 Å². The molecule has 4 rings (SSSR count). The van der Waals surface area contributed by atoms with Gasteiger partial charge in [0.2, 0.25) is 11.2 Å². The summed E-state index contributed by atoms with van der Waals surface area (Å²) in [7, 11) is 1.47. The van der Waals surface area contributed by atoms with Gasteiger partial charge in [-0.2, -0.15) is 0 Å². The summed E-state index contributed by atoms with van der Waals surface area (Å²) in [6.07, 6.45) is 5.34. The molecule has 0 unspecified atom stereocenters. The van der Waals surface area contributed by atoms with Gasteiger partial charge in [-0.1, -0.05) is 26.0 Å². The van der Waals surface area contributed by atoms with Gasteiger partial charge in [0.25, 0.3) is 0 Å². The maximum absolute atomic E-state index is 13.4. The lowest BCUT2D eigenvalue weighted by atomic mass is 9.82. The number of fused-ring (bicyclic) bond motifs is 3. The van der Waals surface area contributed by atoms with Gasteiger partial charge in [-0.3, -0.25) is 4.79 Å². The van der Waals surface area contributed by atoms with Crippen molar-refractivity contribution in [2.75, 3.05) is 7.11 Å². The number of benzene rings is 2. The van der Waals surface area contributed by atoms with Crippen molar-refractivity contribution in [1.29, 1.82) is 0 Å². The van der Waals surface area contributed by atoms with Crippen LogP contribution in [0.5, 0.6) is 23.0 Å². The fourth-order valence-corrected chi connectivity index (χ4v) is 3.80. The largest absolute Gasteiger partial charge is 0.507 e. The second-order valence-electron chi connectivity index (χ2n) is 8.59. The van der Waals surface area contributed by atoms with E-state index in [4.69, 9.17) is 13.9 Å². The Morgan fingerprint density at radius 3 is 2.53 bits per heavy atom. The summed E-state index contributed by atoms with van der Waals surface area (Å²) in [4.78, 5) is 13.4. The zero-order valence-electron chi connectivity index (χ0n) is 17.6. The molecule has 2 N–H and O–H groups in total. The van der Waals surface area contributed by atoms with E-state index >= 15 is 0 Å². The number of hydrogen-bond acceptors (Lipinski definition) is 6. The molecular formula is C24H24O6. The lowest BCUT2D eigenvalue weighted by Gasteiger charge is -2.28. The van der Waals surface area contributed by atoms with Crippen LogP contribution < -0.4 is 14.9 Å². The van der Waals surface area contributed by atoms with E-state index in [0.717, 1.165) is 0 Å². The highest BCUT2D eigenvalue weighted by molar-refractivity contribution is 6.00. The molecule has 0 saturated carbocycles. The Morgan fingerprint density at radius 2 is 1.90 bits per heavy atom. The second-order valence-corrected chi connectivity index (χ2v) is 8.59. The highest BCUT2D eigenvalue weighted by Crippen LogP contribution is 2.46. The highest BCUT2D eigenvalue weighted by Gasteiger charge is 2.31. The lowest BCUT2D eigenvalue weighted by molar-refractivity contribution is 0.153. The van der Waals surface area contributed by atoms with Crippen LogP contribution in [0.25, 0.3) is 28.0 Å². The molecule has 0 bridgehead atoms. The first kappa shape index (κ1) is 19.9. The molecule has 1 aliphatic rings. The summed E-state index contributed by atoms with van der Waals surface area (Å²) in [5.41, 5.74) is -0.487. The number of methoxy groups -OCH3 is 1. The van der Waals surface area contributed by atoms with Crippen LogP contribution in [0.1, 0.15) is 38.8 Å². The highest BCUT2D eigenvalue weighted by atomic mass is 16.5. The topological polar surface area (TPSA) is 89.1 Å². The second kappa shape index (κ2) is 6.29. The molecule has 6 nitrogen and oxygen atoms in total. The fourth-order valence-electron chi connectivity index (χ4n) is 3.80. The minimum absolute atomic E-state index is 0.00823. The number of phenolic OH excluding ortho intramolecular Hbond substituents is 2. The standard InChI is InChI=1S/C24H24O6/c1-7-23(2,3)17-15(28-6)11-14(25)16-18(26)13-10-12-8-9-24(4,5)30-20(12)19(27)21(13)29-22(16)17/h7-11,25,27H,1H2,2-6H3. The minimum atomic E-state index is -0.647. The Morgan fingerprint density at radius 1 is 1.20 bits per heavy atom. The molecule has 2 heterocycles. The summed E-state index contributed by atoms with van der Waals surface area (Å²) in [5.74, 6) is 0.0779. The van der Waals surface area contributed by atoms with E-state index in [-0.39, 0.29) is 39.2 Å². The average Bonchev–Trinajstić information content (AvgIpc) is 2.68. The quantitative estimate of drug-likeness (QED) is 0.468. The third-order valence-electron chi connectivity index (χ3n) is 5.54. The number of rotatable bonds is 3. The lowest BCUT2D eigenvalue weighted by Crippen LogP contribution is -2.27. The molecule has 3 aromatic rings. The van der Waals surface area contributed by atoms with Crippen LogP contribution in [-0.4, -0.2) is 22.9 Å². The van der Waals surface area contributed by atoms with Gasteiger partial charge < -0.3 is 24.1 Å². The maximum Gasteiger partial charge on any atom is 0.204 e. The predicted octanol–water partition coefficient (Wildman–Crippen LogP) is 5.01. The molecule has 0 spiro atoms. The van der Waals surface area contributed by atoms with Gasteiger partial charge in [0.05, 0.1) is 12.5 Å². The minimum Gasteiger partial charge on any atom is -0.507 e. The monoisotopic (exact) mass is 408 g/mol. The number of hydrogen-bond donors (Lipinski definition) is 2. The zero-order valence-corrected chi connectivity index (χ0v) is 17.6. The first-order valence-corrected chi connectivity index (χ1v) is 9.59. The Bertz CT molecular complexity index is 1310. The van der Waals surface area contributed by atoms with Crippen LogP contribution >= 0.6 is 0 Å². The van der Waals surface area contributed by atoms with Gasteiger partial charge in [0.1, 0.15) is 28.1 Å². The number of ether oxygens (including phenoxy) is 2. The normalized spacial score (nSPS) is 15.1. The van der Waals surface area contributed by atoms with Crippen LogP contribution in [0.2, 0.25) is 0 Å². The van der Waals surface area contributed by atoms with Gasteiger partial charge in [-0.15, -0.1) is 6.58 Å². The van der Waals surface area contributed by atoms with Crippen LogP contribution in [0, 0.1) is 0 Å². The van der Waals surface area contributed by atoms with Crippen LogP contribution in [-0.2, 0) is 5.41 Å². The molecule has 6 heteroatoms. The van der Waals surface area contributed by atoms with E-state index in [0.29, 0.717) is 16.9 Å². The van der Waals surface area contributed by atoms with E-state index in [2.05, 4.69) is 6.58 Å². The summed E-state index contributed by atoms with van der Waals surface area (Å²) >= 11 is 0. The first-order valence-electron chi connectivity index (χ1n) is 9.59. The van der Waals surface area contributed by atoms with E-state index in [1.807, 2.05) is 33.8 Å². The van der Waals surface area contributed by atoms with Crippen molar-refractivity contribution in [2.24, 2.45) is 0 Å². The van der Waals surface area contributed by atoms with Crippen molar-refractivity contribution >= 4 is 28.0 Å². The van der Waals surface area contributed by atoms with Gasteiger partial charge in [-0.05, 0) is 26.0 Å². The molecule has 0 radical (unpaired) electrons. The average molecular weight is 408 g/mol. The van der Waals surface area contributed by atoms with E-state index in [9.17, 15) is 15.0 Å². The zero-order chi connectivity index (χ0) is 22.0. The van der Waals surface area contributed by atoms with Crippen LogP contribution in [0.4, 0.5) is 0 Å². The summed E-state index contributed by atoms with van der Waals surface area (Å²) < 4.78 is 17.5. The Balaban J connectivity index is 2.22. The van der Waals surface area contributed by atoms with Gasteiger partial charge in [0, 0.05) is 22.6 Å². The van der Waals surface area contributed by atoms with Crippen molar-refractivity contribution in [3.05, 3.63) is 52.2 Å². The Kier molecular flexibility index (Phi) is 4.17. The summed E-state index contributed by atoms with van der Waals surface area (Å²) in [6.45, 7) is 11.4. The van der Waals surface area contributed by atoms with Crippen molar-refractivity contribution in [1.82, 2.24) is 0 Å². The third kappa shape index (κ3) is 2.75. The molecule has 0 saturated heterocycles. The maximum atomic E-state index is 13.4. The Labute approximate surface area is 173 Å². The van der Waals surface area contributed by atoms with Crippen LogP contribution in [0.3, 0.4) is 0 Å². The molecule has 2 aromatic carbocycles. The van der Waals surface area contributed by atoms with E-state index in [1.165, 1.54) is 13.2 Å².